The van der Waals surface area contributed by atoms with Gasteiger partial charge < -0.3 is 10.1 Å². The van der Waals surface area contributed by atoms with Crippen molar-refractivity contribution < 1.29 is 9.13 Å². The van der Waals surface area contributed by atoms with Crippen molar-refractivity contribution in [3.8, 4) is 5.75 Å². The van der Waals surface area contributed by atoms with Gasteiger partial charge in [0.05, 0.1) is 11.2 Å². The fraction of sp³-hybridized carbons (Fsp3) is 0.357. The Morgan fingerprint density at radius 2 is 2.26 bits per heavy atom. The fourth-order valence-corrected chi connectivity index (χ4v) is 2.10. The maximum Gasteiger partial charge on any atom is 0.165 e. The van der Waals surface area contributed by atoms with Crippen molar-refractivity contribution in [1.29, 1.82) is 0 Å². The van der Waals surface area contributed by atoms with E-state index in [4.69, 9.17) is 4.74 Å². The van der Waals surface area contributed by atoms with E-state index in [1.54, 1.807) is 11.6 Å². The molecule has 2 aromatic rings. The number of halogens is 1. The summed E-state index contributed by atoms with van der Waals surface area (Å²) in [4.78, 5) is 4.09. The maximum atomic E-state index is 13.8. The quantitative estimate of drug-likeness (QED) is 0.881. The highest BCUT2D eigenvalue weighted by molar-refractivity contribution is 7.07. The van der Waals surface area contributed by atoms with Crippen molar-refractivity contribution in [2.24, 2.45) is 0 Å². The number of hydrogen-bond donors (Lipinski definition) is 1. The van der Waals surface area contributed by atoms with E-state index in [1.807, 2.05) is 11.4 Å². The second-order valence-corrected chi connectivity index (χ2v) is 5.29. The van der Waals surface area contributed by atoms with Gasteiger partial charge in [0.25, 0.3) is 0 Å². The molecule has 3 nitrogen and oxygen atoms in total. The van der Waals surface area contributed by atoms with E-state index >= 15 is 0 Å². The summed E-state index contributed by atoms with van der Waals surface area (Å²) < 4.78 is 19.2. The van der Waals surface area contributed by atoms with Gasteiger partial charge in [-0.1, -0.05) is 19.9 Å². The normalized spacial score (nSPS) is 10.9. The second-order valence-electron chi connectivity index (χ2n) is 4.57. The van der Waals surface area contributed by atoms with E-state index in [-0.39, 0.29) is 11.6 Å². The number of benzene rings is 1. The zero-order valence-electron chi connectivity index (χ0n) is 11.0. The molecule has 0 saturated carbocycles. The van der Waals surface area contributed by atoms with E-state index in [0.717, 1.165) is 11.3 Å². The third-order valence-corrected chi connectivity index (χ3v) is 3.21. The van der Waals surface area contributed by atoms with Crippen LogP contribution < -0.4 is 10.1 Å². The van der Waals surface area contributed by atoms with Gasteiger partial charge in [-0.05, 0) is 17.7 Å². The van der Waals surface area contributed by atoms with Gasteiger partial charge in [-0.3, -0.25) is 0 Å². The first-order valence-electron chi connectivity index (χ1n) is 6.17. The third kappa shape index (κ3) is 4.29. The molecule has 0 radical (unpaired) electrons. The molecular formula is C14H17FN2OS. The minimum Gasteiger partial charge on any atom is -0.484 e. The maximum absolute atomic E-state index is 13.8. The Hall–Kier alpha value is -1.46. The highest BCUT2D eigenvalue weighted by Crippen LogP contribution is 2.19. The van der Waals surface area contributed by atoms with Gasteiger partial charge in [0, 0.05) is 18.0 Å². The van der Waals surface area contributed by atoms with Crippen molar-refractivity contribution in [1.82, 2.24) is 10.3 Å². The van der Waals surface area contributed by atoms with Crippen LogP contribution in [0.5, 0.6) is 5.75 Å². The number of rotatable bonds is 6. The molecule has 19 heavy (non-hydrogen) atoms. The average Bonchev–Trinajstić information content (AvgIpc) is 2.88. The van der Waals surface area contributed by atoms with Crippen LogP contribution in [-0.4, -0.2) is 11.0 Å². The van der Waals surface area contributed by atoms with Crippen LogP contribution in [-0.2, 0) is 13.2 Å². The Balaban J connectivity index is 1.94. The molecule has 0 bridgehead atoms. The number of aromatic nitrogens is 1. The zero-order chi connectivity index (χ0) is 13.7. The summed E-state index contributed by atoms with van der Waals surface area (Å²) in [6.07, 6.45) is 0. The van der Waals surface area contributed by atoms with Crippen LogP contribution in [0.2, 0.25) is 0 Å². The molecule has 0 unspecified atom stereocenters. The molecule has 2 rings (SSSR count). The molecule has 5 heteroatoms. The van der Waals surface area contributed by atoms with E-state index < -0.39 is 0 Å². The molecule has 102 valence electrons. The molecule has 1 aromatic carbocycles. The first-order valence-corrected chi connectivity index (χ1v) is 7.11. The molecule has 1 heterocycles. The van der Waals surface area contributed by atoms with Crippen LogP contribution in [0.15, 0.2) is 29.1 Å². The van der Waals surface area contributed by atoms with Gasteiger partial charge in [-0.25, -0.2) is 9.37 Å². The third-order valence-electron chi connectivity index (χ3n) is 2.57. The molecule has 0 fully saturated rings. The Bertz CT molecular complexity index is 514. The number of hydrogen-bond acceptors (Lipinski definition) is 4. The van der Waals surface area contributed by atoms with Crippen molar-refractivity contribution in [3.05, 3.63) is 46.2 Å². The highest BCUT2D eigenvalue weighted by Gasteiger charge is 2.06. The first kappa shape index (κ1) is 14.0. The van der Waals surface area contributed by atoms with Crippen molar-refractivity contribution in [3.63, 3.8) is 0 Å². The second kappa shape index (κ2) is 6.63. The number of thiazole rings is 1. The van der Waals surface area contributed by atoms with Gasteiger partial charge in [-0.2, -0.15) is 0 Å². The van der Waals surface area contributed by atoms with Crippen LogP contribution in [0.3, 0.4) is 0 Å². The van der Waals surface area contributed by atoms with Crippen LogP contribution in [0, 0.1) is 5.82 Å². The van der Waals surface area contributed by atoms with Gasteiger partial charge in [0.1, 0.15) is 6.61 Å². The lowest BCUT2D eigenvalue weighted by molar-refractivity contribution is 0.286. The minimum atomic E-state index is -0.335. The van der Waals surface area contributed by atoms with Crippen LogP contribution >= 0.6 is 11.3 Å². The summed E-state index contributed by atoms with van der Waals surface area (Å²) in [5.74, 6) is -0.0698. The van der Waals surface area contributed by atoms with E-state index in [0.29, 0.717) is 19.2 Å². The molecular weight excluding hydrogens is 263 g/mol. The molecule has 0 aliphatic heterocycles. The molecule has 0 amide bonds. The molecule has 0 aliphatic rings. The summed E-state index contributed by atoms with van der Waals surface area (Å²) >= 11 is 1.50. The molecule has 0 spiro atoms. The van der Waals surface area contributed by atoms with Gasteiger partial charge in [-0.15, -0.1) is 11.3 Å². The number of nitrogens with zero attached hydrogens (tertiary/aromatic N) is 1. The zero-order valence-corrected chi connectivity index (χ0v) is 11.8. The molecule has 0 atom stereocenters. The molecule has 0 saturated heterocycles. The molecule has 1 N–H and O–H groups in total. The Morgan fingerprint density at radius 3 is 2.89 bits per heavy atom. The SMILES string of the molecule is CC(C)NCc1ccc(OCc2cscn2)c(F)c1. The number of ether oxygens (including phenoxy) is 1. The molecule has 1 aromatic heterocycles. The predicted octanol–water partition coefficient (Wildman–Crippen LogP) is 3.36. The summed E-state index contributed by atoms with van der Waals surface area (Å²) in [6, 6.07) is 5.42. The van der Waals surface area contributed by atoms with E-state index in [9.17, 15) is 4.39 Å². The summed E-state index contributed by atoms with van der Waals surface area (Å²) in [5.41, 5.74) is 3.46. The van der Waals surface area contributed by atoms with Crippen LogP contribution in [0.1, 0.15) is 25.1 Å². The Labute approximate surface area is 116 Å². The average molecular weight is 280 g/mol. The lowest BCUT2D eigenvalue weighted by atomic mass is 10.2. The molecule has 0 aliphatic carbocycles. The smallest absolute Gasteiger partial charge is 0.165 e. The fourth-order valence-electron chi connectivity index (χ4n) is 1.55. The lowest BCUT2D eigenvalue weighted by Gasteiger charge is -2.10. The predicted molar refractivity (Wildman–Crippen MR) is 74.8 cm³/mol. The van der Waals surface area contributed by atoms with Crippen molar-refractivity contribution in [2.45, 2.75) is 33.0 Å². The van der Waals surface area contributed by atoms with E-state index in [2.05, 4.69) is 24.1 Å². The Morgan fingerprint density at radius 1 is 1.42 bits per heavy atom. The summed E-state index contributed by atoms with van der Waals surface area (Å²) in [6.45, 7) is 5.06. The monoisotopic (exact) mass is 280 g/mol. The van der Waals surface area contributed by atoms with Gasteiger partial charge in [0.2, 0.25) is 0 Å². The van der Waals surface area contributed by atoms with Gasteiger partial charge >= 0.3 is 0 Å². The van der Waals surface area contributed by atoms with Crippen molar-refractivity contribution >= 4 is 11.3 Å². The standard InChI is InChI=1S/C14H17FN2OS/c1-10(2)16-6-11-3-4-14(13(15)5-11)18-7-12-8-19-9-17-12/h3-5,8-10,16H,6-7H2,1-2H3. The van der Waals surface area contributed by atoms with Gasteiger partial charge in [0.15, 0.2) is 11.6 Å². The highest BCUT2D eigenvalue weighted by atomic mass is 32.1. The topological polar surface area (TPSA) is 34.1 Å². The largest absolute Gasteiger partial charge is 0.484 e. The van der Waals surface area contributed by atoms with E-state index in [1.165, 1.54) is 17.4 Å². The van der Waals surface area contributed by atoms with Crippen LogP contribution in [0.25, 0.3) is 0 Å². The summed E-state index contributed by atoms with van der Waals surface area (Å²) in [7, 11) is 0. The lowest BCUT2D eigenvalue weighted by Crippen LogP contribution is -2.21. The van der Waals surface area contributed by atoms with Crippen molar-refractivity contribution in [2.75, 3.05) is 0 Å². The minimum absolute atomic E-state index is 0.265. The first-order chi connectivity index (χ1) is 9.15. The number of nitrogens with one attached hydrogen (secondary N) is 1. The summed E-state index contributed by atoms with van der Waals surface area (Å²) in [5, 5.41) is 5.13. The van der Waals surface area contributed by atoms with Crippen LogP contribution in [0.4, 0.5) is 4.39 Å². The Kier molecular flexibility index (Phi) is 4.87.